The van der Waals surface area contributed by atoms with E-state index >= 15 is 0 Å². The highest BCUT2D eigenvalue weighted by molar-refractivity contribution is 9.10. The Morgan fingerprint density at radius 2 is 1.56 bits per heavy atom. The lowest BCUT2D eigenvalue weighted by atomic mass is 9.68. The van der Waals surface area contributed by atoms with Crippen molar-refractivity contribution in [1.29, 1.82) is 0 Å². The summed E-state index contributed by atoms with van der Waals surface area (Å²) in [7, 11) is 0. The van der Waals surface area contributed by atoms with Crippen molar-refractivity contribution in [3.8, 4) is 0 Å². The zero-order chi connectivity index (χ0) is 24.4. The monoisotopic (exact) mass is 538 g/mol. The molecule has 0 spiro atoms. The van der Waals surface area contributed by atoms with Gasteiger partial charge in [0, 0.05) is 23.4 Å². The number of aromatic nitrogens is 2. The van der Waals surface area contributed by atoms with Crippen LogP contribution in [0.25, 0.3) is 0 Å². The third-order valence-electron chi connectivity index (χ3n) is 4.82. The average Bonchev–Trinajstić information content (AvgIpc) is 2.60. The molecule has 1 saturated carbocycles. The molecule has 0 bridgehead atoms. The maximum atomic E-state index is 12.9. The number of rotatable bonds is 3. The van der Waals surface area contributed by atoms with Crippen LogP contribution in [-0.2, 0) is 12.4 Å². The van der Waals surface area contributed by atoms with Gasteiger partial charge in [-0.2, -0.15) is 39.5 Å². The average molecular weight is 539 g/mol. The maximum absolute atomic E-state index is 12.9. The van der Waals surface area contributed by atoms with Crippen LogP contribution in [0.2, 0.25) is 0 Å². The van der Waals surface area contributed by atoms with E-state index in [-0.39, 0.29) is 23.1 Å². The molecule has 0 aromatic carbocycles. The van der Waals surface area contributed by atoms with Crippen molar-refractivity contribution >= 4 is 27.6 Å². The van der Waals surface area contributed by atoms with Crippen molar-refractivity contribution in [3.63, 3.8) is 0 Å². The fraction of sp³-hybridized carbons (Fsp3) is 0.444. The van der Waals surface area contributed by atoms with E-state index in [4.69, 9.17) is 5.73 Å². The van der Waals surface area contributed by atoms with Gasteiger partial charge in [-0.25, -0.2) is 9.97 Å². The number of nitrogens with zero attached hydrogens (tertiary/aromatic N) is 2. The number of anilines is 2. The number of nitrogen functional groups attached to an aromatic ring is 1. The second-order valence-corrected chi connectivity index (χ2v) is 7.82. The first-order chi connectivity index (χ1) is 14.6. The summed E-state index contributed by atoms with van der Waals surface area (Å²) < 4.78 is 112. The van der Waals surface area contributed by atoms with Crippen molar-refractivity contribution in [3.05, 3.63) is 46.2 Å². The summed E-state index contributed by atoms with van der Waals surface area (Å²) in [5.74, 6) is -0.707. The van der Waals surface area contributed by atoms with Crippen molar-refractivity contribution in [1.82, 2.24) is 9.97 Å². The lowest BCUT2D eigenvalue weighted by Gasteiger charge is -2.43. The van der Waals surface area contributed by atoms with E-state index < -0.39 is 47.4 Å². The Balaban J connectivity index is 0.000000278. The highest BCUT2D eigenvalue weighted by Gasteiger charge is 2.57. The Hall–Kier alpha value is -2.25. The first kappa shape index (κ1) is 26.0. The quantitative estimate of drug-likeness (QED) is 0.427. The third-order valence-corrected chi connectivity index (χ3v) is 5.46. The van der Waals surface area contributed by atoms with E-state index in [1.54, 1.807) is 0 Å². The molecule has 4 nitrogen and oxygen atoms in total. The molecule has 14 heteroatoms. The molecule has 0 unspecified atom stereocenters. The van der Waals surface area contributed by atoms with Crippen molar-refractivity contribution in [2.24, 2.45) is 5.41 Å². The summed E-state index contributed by atoms with van der Waals surface area (Å²) in [6, 6.07) is 2.79. The summed E-state index contributed by atoms with van der Waals surface area (Å²) in [5, 5.41) is 2.38. The van der Waals surface area contributed by atoms with Crippen LogP contribution in [-0.4, -0.2) is 22.7 Å². The molecule has 1 aliphatic carbocycles. The molecule has 32 heavy (non-hydrogen) atoms. The molecule has 1 fully saturated rings. The molecule has 0 radical (unpaired) electrons. The van der Waals surface area contributed by atoms with E-state index in [9.17, 15) is 39.5 Å². The summed E-state index contributed by atoms with van der Waals surface area (Å²) in [6.45, 7) is -0.470. The SMILES string of the molecule is FC(F)(F)c1cc(NCC2(C(F)(F)F)CCC2)ncc1Br.Nc1ncccc1C(F)(F)F. The molecule has 0 saturated heterocycles. The van der Waals surface area contributed by atoms with Crippen molar-refractivity contribution in [2.75, 3.05) is 17.6 Å². The van der Waals surface area contributed by atoms with Crippen LogP contribution in [0.15, 0.2) is 35.1 Å². The Morgan fingerprint density at radius 1 is 0.969 bits per heavy atom. The molecule has 2 heterocycles. The van der Waals surface area contributed by atoms with Crippen LogP contribution >= 0.6 is 15.9 Å². The predicted octanol–water partition coefficient (Wildman–Crippen LogP) is 6.69. The van der Waals surface area contributed by atoms with Crippen LogP contribution in [0.4, 0.5) is 51.1 Å². The Morgan fingerprint density at radius 3 is 1.97 bits per heavy atom. The third kappa shape index (κ3) is 6.17. The van der Waals surface area contributed by atoms with Gasteiger partial charge in [0.15, 0.2) is 0 Å². The van der Waals surface area contributed by atoms with Crippen molar-refractivity contribution < 1.29 is 39.5 Å². The summed E-state index contributed by atoms with van der Waals surface area (Å²) in [5.41, 5.74) is 1.25. The van der Waals surface area contributed by atoms with Crippen LogP contribution in [0.5, 0.6) is 0 Å². The Kier molecular flexibility index (Phi) is 7.57. The van der Waals surface area contributed by atoms with Gasteiger partial charge in [-0.05, 0) is 47.0 Å². The first-order valence-electron chi connectivity index (χ1n) is 8.88. The van der Waals surface area contributed by atoms with Crippen LogP contribution in [0, 0.1) is 5.41 Å². The number of pyridine rings is 2. The fourth-order valence-corrected chi connectivity index (χ4v) is 3.28. The molecule has 0 amide bonds. The molecule has 2 aromatic rings. The lowest BCUT2D eigenvalue weighted by molar-refractivity contribution is -0.244. The van der Waals surface area contributed by atoms with E-state index in [0.29, 0.717) is 12.5 Å². The second kappa shape index (κ2) is 9.32. The van der Waals surface area contributed by atoms with Gasteiger partial charge in [0.1, 0.15) is 11.6 Å². The fourth-order valence-electron chi connectivity index (χ4n) is 2.83. The molecular formula is C18H16BrF9N4. The van der Waals surface area contributed by atoms with Gasteiger partial charge in [-0.15, -0.1) is 0 Å². The topological polar surface area (TPSA) is 63.8 Å². The van der Waals surface area contributed by atoms with E-state index in [1.165, 1.54) is 12.3 Å². The predicted molar refractivity (Wildman–Crippen MR) is 101 cm³/mol. The molecule has 2 aromatic heterocycles. The second-order valence-electron chi connectivity index (χ2n) is 6.97. The molecular weight excluding hydrogens is 523 g/mol. The number of hydrogen-bond donors (Lipinski definition) is 2. The zero-order valence-corrected chi connectivity index (χ0v) is 17.6. The number of nitrogens with two attached hydrogens (primary N) is 1. The van der Waals surface area contributed by atoms with Gasteiger partial charge in [-0.1, -0.05) is 6.42 Å². The summed E-state index contributed by atoms with van der Waals surface area (Å²) in [6.07, 6.45) is -10.8. The van der Waals surface area contributed by atoms with Gasteiger partial charge < -0.3 is 11.1 Å². The van der Waals surface area contributed by atoms with Crippen LogP contribution < -0.4 is 11.1 Å². The molecule has 3 N–H and O–H groups in total. The highest BCUT2D eigenvalue weighted by atomic mass is 79.9. The van der Waals surface area contributed by atoms with Gasteiger partial charge in [-0.3, -0.25) is 0 Å². The first-order valence-corrected chi connectivity index (χ1v) is 9.67. The largest absolute Gasteiger partial charge is 0.419 e. The zero-order valence-electron chi connectivity index (χ0n) is 16.0. The van der Waals surface area contributed by atoms with Crippen molar-refractivity contribution in [2.45, 2.75) is 37.8 Å². The van der Waals surface area contributed by atoms with Gasteiger partial charge in [0.25, 0.3) is 0 Å². The highest BCUT2D eigenvalue weighted by Crippen LogP contribution is 2.53. The molecule has 0 atom stereocenters. The smallest absolute Gasteiger partial charge is 0.383 e. The molecule has 178 valence electrons. The Bertz CT molecular complexity index is 922. The number of hydrogen-bond acceptors (Lipinski definition) is 4. The standard InChI is InChI=1S/C12H11BrF6N2.C6H5F3N2/c13-8-5-20-9(4-7(8)11(14,15)16)21-6-10(2-1-3-10)12(17,18)19;7-6(8,9)4-2-1-3-11-5(4)10/h4-5H,1-3,6H2,(H,20,21);1-3H,(H2,10,11). The van der Waals surface area contributed by atoms with Gasteiger partial charge in [0.05, 0.1) is 16.5 Å². The number of halogens is 10. The lowest BCUT2D eigenvalue weighted by Crippen LogP contribution is -2.48. The van der Waals surface area contributed by atoms with Crippen LogP contribution in [0.1, 0.15) is 30.4 Å². The summed E-state index contributed by atoms with van der Waals surface area (Å²) >= 11 is 2.72. The minimum absolute atomic E-state index is 0.0217. The minimum Gasteiger partial charge on any atom is -0.383 e. The summed E-state index contributed by atoms with van der Waals surface area (Å²) in [4.78, 5) is 6.97. The minimum atomic E-state index is -4.60. The molecule has 3 rings (SSSR count). The van der Waals surface area contributed by atoms with Gasteiger partial charge in [0.2, 0.25) is 0 Å². The normalized spacial score (nSPS) is 15.9. The van der Waals surface area contributed by atoms with Crippen LogP contribution in [0.3, 0.4) is 0 Å². The van der Waals surface area contributed by atoms with E-state index in [2.05, 4.69) is 31.2 Å². The van der Waals surface area contributed by atoms with E-state index in [1.807, 2.05) is 0 Å². The maximum Gasteiger partial charge on any atom is 0.419 e. The number of alkyl halides is 9. The Labute approximate surface area is 184 Å². The number of nitrogens with one attached hydrogen (secondary N) is 1. The van der Waals surface area contributed by atoms with Gasteiger partial charge >= 0.3 is 18.5 Å². The molecule has 0 aliphatic heterocycles. The molecule has 1 aliphatic rings. The van der Waals surface area contributed by atoms with E-state index in [0.717, 1.165) is 12.3 Å².